The Morgan fingerprint density at radius 1 is 1.04 bits per heavy atom. The van der Waals surface area contributed by atoms with Crippen LogP contribution in [-0.4, -0.2) is 16.4 Å². The molecule has 1 saturated heterocycles. The van der Waals surface area contributed by atoms with E-state index in [0.717, 1.165) is 11.0 Å². The minimum atomic E-state index is -4.48. The molecule has 2 aliphatic heterocycles. The summed E-state index contributed by atoms with van der Waals surface area (Å²) in [5.41, 5.74) is 0.0338. The van der Waals surface area contributed by atoms with E-state index in [1.54, 1.807) is 37.3 Å². The maximum absolute atomic E-state index is 13.2. The number of anilines is 1. The van der Waals surface area contributed by atoms with Gasteiger partial charge in [-0.25, -0.2) is 4.90 Å². The summed E-state index contributed by atoms with van der Waals surface area (Å²) in [6, 6.07) is 9.00. The van der Waals surface area contributed by atoms with Crippen LogP contribution in [0.4, 0.5) is 18.9 Å². The van der Waals surface area contributed by atoms with Crippen LogP contribution in [0.15, 0.2) is 36.4 Å². The molecule has 4 nitrogen and oxygen atoms in total. The molecule has 0 aliphatic carbocycles. The highest BCUT2D eigenvalue weighted by Gasteiger charge is 2.57. The molecule has 0 N–H and O–H groups in total. The highest BCUT2D eigenvalue weighted by atomic mass is 19.4. The van der Waals surface area contributed by atoms with Gasteiger partial charge in [-0.05, 0) is 32.0 Å². The summed E-state index contributed by atoms with van der Waals surface area (Å²) in [4.78, 5) is 26.8. The molecule has 130 valence electrons. The first kappa shape index (κ1) is 15.9. The number of benzene rings is 1. The van der Waals surface area contributed by atoms with Gasteiger partial charge in [0.05, 0.1) is 23.1 Å². The molecule has 1 aromatic carbocycles. The van der Waals surface area contributed by atoms with Gasteiger partial charge in [-0.2, -0.15) is 13.2 Å². The molecule has 1 fully saturated rings. The Balaban J connectivity index is 1.83. The zero-order valence-corrected chi connectivity index (χ0v) is 13.5. The molecule has 3 atom stereocenters. The average Bonchev–Trinajstić information content (AvgIpc) is 3.12. The summed E-state index contributed by atoms with van der Waals surface area (Å²) < 4.78 is 41.1. The standard InChI is InChI=1S/C18H15F3N2O2/c1-9-12(18(19,20)21)8-13-15-14(10(2)22(9)13)16(24)23(17(15)25)11-6-4-3-5-7-11/h3-8,10,14-15H,1-2H3/t10-,14-,15+/m0/s1. The predicted molar refractivity (Wildman–Crippen MR) is 84.0 cm³/mol. The summed E-state index contributed by atoms with van der Waals surface area (Å²) in [5, 5.41) is 0. The van der Waals surface area contributed by atoms with E-state index in [1.165, 1.54) is 11.5 Å². The summed E-state index contributed by atoms with van der Waals surface area (Å²) >= 11 is 0. The molecule has 4 rings (SSSR count). The number of imide groups is 1. The minimum Gasteiger partial charge on any atom is -0.344 e. The van der Waals surface area contributed by atoms with E-state index in [1.807, 2.05) is 0 Å². The topological polar surface area (TPSA) is 42.3 Å². The van der Waals surface area contributed by atoms with Crippen molar-refractivity contribution in [3.63, 3.8) is 0 Å². The van der Waals surface area contributed by atoms with Crippen LogP contribution in [0.1, 0.15) is 35.8 Å². The molecule has 2 aromatic rings. The Morgan fingerprint density at radius 3 is 2.28 bits per heavy atom. The van der Waals surface area contributed by atoms with E-state index < -0.39 is 35.5 Å². The second-order valence-corrected chi connectivity index (χ2v) is 6.53. The zero-order chi connectivity index (χ0) is 18.1. The van der Waals surface area contributed by atoms with Gasteiger partial charge in [-0.1, -0.05) is 18.2 Å². The summed E-state index contributed by atoms with van der Waals surface area (Å²) in [7, 11) is 0. The highest BCUT2D eigenvalue weighted by molar-refractivity contribution is 6.24. The van der Waals surface area contributed by atoms with Crippen LogP contribution in [0.2, 0.25) is 0 Å². The lowest BCUT2D eigenvalue weighted by atomic mass is 9.90. The van der Waals surface area contributed by atoms with E-state index in [2.05, 4.69) is 0 Å². The maximum atomic E-state index is 13.2. The Labute approximate surface area is 141 Å². The minimum absolute atomic E-state index is 0.0521. The van der Waals surface area contributed by atoms with Crippen LogP contribution in [0.5, 0.6) is 0 Å². The van der Waals surface area contributed by atoms with Gasteiger partial charge in [0.15, 0.2) is 0 Å². The molecule has 7 heteroatoms. The SMILES string of the molecule is Cc1c(C(F)(F)F)cc2n1[C@@H](C)[C@@H]1C(=O)N(c3ccccc3)C(=O)[C@H]21. The van der Waals surface area contributed by atoms with Gasteiger partial charge in [0.2, 0.25) is 11.8 Å². The van der Waals surface area contributed by atoms with Crippen molar-refractivity contribution < 1.29 is 22.8 Å². The number of fused-ring (bicyclic) bond motifs is 3. The number of nitrogens with zero attached hydrogens (tertiary/aromatic N) is 2. The number of aromatic nitrogens is 1. The second-order valence-electron chi connectivity index (χ2n) is 6.53. The Kier molecular flexibility index (Phi) is 3.17. The first-order valence-electron chi connectivity index (χ1n) is 7.95. The van der Waals surface area contributed by atoms with E-state index in [0.29, 0.717) is 5.69 Å². The highest BCUT2D eigenvalue weighted by Crippen LogP contribution is 2.51. The number of carbonyl (C=O) groups is 2. The van der Waals surface area contributed by atoms with Crippen molar-refractivity contribution in [1.29, 1.82) is 0 Å². The van der Waals surface area contributed by atoms with Crippen LogP contribution in [0.25, 0.3) is 0 Å². The molecule has 0 spiro atoms. The lowest BCUT2D eigenvalue weighted by Gasteiger charge is -2.20. The number of halogens is 3. The quantitative estimate of drug-likeness (QED) is 0.738. The zero-order valence-electron chi connectivity index (χ0n) is 13.5. The number of amides is 2. The fraction of sp³-hybridized carbons (Fsp3) is 0.333. The predicted octanol–water partition coefficient (Wildman–Crippen LogP) is 3.66. The fourth-order valence-corrected chi connectivity index (χ4v) is 4.19. The normalized spacial score (nSPS) is 25.5. The summed E-state index contributed by atoms with van der Waals surface area (Å²) in [6.45, 7) is 3.08. The van der Waals surface area contributed by atoms with Gasteiger partial charge in [0.25, 0.3) is 0 Å². The number of carbonyl (C=O) groups excluding carboxylic acids is 2. The average molecular weight is 348 g/mol. The van der Waals surface area contributed by atoms with Crippen molar-refractivity contribution in [3.05, 3.63) is 53.3 Å². The van der Waals surface area contributed by atoms with E-state index in [-0.39, 0.29) is 17.3 Å². The monoisotopic (exact) mass is 348 g/mol. The second kappa shape index (κ2) is 4.97. The molecule has 25 heavy (non-hydrogen) atoms. The van der Waals surface area contributed by atoms with Crippen molar-refractivity contribution in [2.24, 2.45) is 5.92 Å². The third-order valence-corrected chi connectivity index (χ3v) is 5.24. The van der Waals surface area contributed by atoms with Gasteiger partial charge in [0, 0.05) is 17.4 Å². The van der Waals surface area contributed by atoms with Gasteiger partial charge >= 0.3 is 6.18 Å². The third kappa shape index (κ3) is 2.01. The molecule has 0 radical (unpaired) electrons. The molecule has 3 heterocycles. The van der Waals surface area contributed by atoms with Gasteiger partial charge < -0.3 is 4.57 Å². The summed E-state index contributed by atoms with van der Waals surface area (Å²) in [5.74, 6) is -2.34. The first-order valence-corrected chi connectivity index (χ1v) is 7.95. The van der Waals surface area contributed by atoms with Crippen molar-refractivity contribution in [2.45, 2.75) is 32.0 Å². The van der Waals surface area contributed by atoms with Crippen molar-refractivity contribution in [1.82, 2.24) is 4.57 Å². The number of rotatable bonds is 1. The van der Waals surface area contributed by atoms with Gasteiger partial charge in [-0.3, -0.25) is 9.59 Å². The molecular formula is C18H15F3N2O2. The summed E-state index contributed by atoms with van der Waals surface area (Å²) in [6.07, 6.45) is -4.48. The van der Waals surface area contributed by atoms with E-state index >= 15 is 0 Å². The maximum Gasteiger partial charge on any atom is 0.418 e. The third-order valence-electron chi connectivity index (χ3n) is 5.24. The molecule has 1 aromatic heterocycles. The molecule has 2 amide bonds. The van der Waals surface area contributed by atoms with E-state index in [4.69, 9.17) is 0 Å². The van der Waals surface area contributed by atoms with Gasteiger partial charge in [0.1, 0.15) is 0 Å². The largest absolute Gasteiger partial charge is 0.418 e. The van der Waals surface area contributed by atoms with Crippen molar-refractivity contribution in [3.8, 4) is 0 Å². The lowest BCUT2D eigenvalue weighted by Crippen LogP contribution is -2.33. The Bertz CT molecular complexity index is 886. The van der Waals surface area contributed by atoms with Crippen LogP contribution in [0, 0.1) is 12.8 Å². The molecular weight excluding hydrogens is 333 g/mol. The van der Waals surface area contributed by atoms with E-state index in [9.17, 15) is 22.8 Å². The molecule has 0 unspecified atom stereocenters. The number of hydrogen-bond donors (Lipinski definition) is 0. The number of para-hydroxylation sites is 1. The lowest BCUT2D eigenvalue weighted by molar-refractivity contribution is -0.138. The van der Waals surface area contributed by atoms with Crippen LogP contribution >= 0.6 is 0 Å². The Morgan fingerprint density at radius 2 is 1.68 bits per heavy atom. The number of hydrogen-bond acceptors (Lipinski definition) is 2. The first-order chi connectivity index (χ1) is 11.7. The van der Waals surface area contributed by atoms with Crippen LogP contribution in [-0.2, 0) is 15.8 Å². The van der Waals surface area contributed by atoms with Crippen molar-refractivity contribution >= 4 is 17.5 Å². The molecule has 0 saturated carbocycles. The van der Waals surface area contributed by atoms with Crippen molar-refractivity contribution in [2.75, 3.05) is 4.90 Å². The number of alkyl halides is 3. The Hall–Kier alpha value is -2.57. The van der Waals surface area contributed by atoms with Crippen LogP contribution < -0.4 is 4.90 Å². The van der Waals surface area contributed by atoms with Crippen LogP contribution in [0.3, 0.4) is 0 Å². The van der Waals surface area contributed by atoms with Gasteiger partial charge in [-0.15, -0.1) is 0 Å². The fourth-order valence-electron chi connectivity index (χ4n) is 4.19. The molecule has 2 aliphatic rings. The molecule has 0 bridgehead atoms. The smallest absolute Gasteiger partial charge is 0.344 e.